The molecule has 3 heteroatoms. The molecule has 0 aromatic heterocycles. The van der Waals surface area contributed by atoms with Crippen LogP contribution in [-0.4, -0.2) is 35.1 Å². The SMILES string of the molecule is CC(C)C(=O)N1C[C@@H]2CCCC(O)[C@@H]2C1. The summed E-state index contributed by atoms with van der Waals surface area (Å²) in [5, 5.41) is 9.88. The number of nitrogens with zero attached hydrogens (tertiary/aromatic N) is 1. The second-order valence-corrected chi connectivity index (χ2v) is 5.32. The molecule has 1 unspecified atom stereocenters. The highest BCUT2D eigenvalue weighted by molar-refractivity contribution is 5.78. The van der Waals surface area contributed by atoms with Crippen molar-refractivity contribution in [1.82, 2.24) is 4.90 Å². The number of hydrogen-bond donors (Lipinski definition) is 1. The molecule has 0 aromatic rings. The maximum atomic E-state index is 11.8. The predicted molar refractivity (Wildman–Crippen MR) is 58.3 cm³/mol. The lowest BCUT2D eigenvalue weighted by Crippen LogP contribution is -2.34. The van der Waals surface area contributed by atoms with Crippen LogP contribution in [0.5, 0.6) is 0 Å². The minimum absolute atomic E-state index is 0.0855. The summed E-state index contributed by atoms with van der Waals surface area (Å²) in [7, 11) is 0. The molecule has 1 N–H and O–H groups in total. The van der Waals surface area contributed by atoms with Gasteiger partial charge in [-0.3, -0.25) is 4.79 Å². The Morgan fingerprint density at radius 3 is 2.67 bits per heavy atom. The van der Waals surface area contributed by atoms with E-state index in [0.717, 1.165) is 25.9 Å². The normalized spacial score (nSPS) is 35.7. The minimum Gasteiger partial charge on any atom is -0.393 e. The van der Waals surface area contributed by atoms with Gasteiger partial charge in [0.15, 0.2) is 0 Å². The summed E-state index contributed by atoms with van der Waals surface area (Å²) in [4.78, 5) is 13.8. The highest BCUT2D eigenvalue weighted by Crippen LogP contribution is 2.36. The Labute approximate surface area is 91.5 Å². The van der Waals surface area contributed by atoms with E-state index in [1.165, 1.54) is 6.42 Å². The van der Waals surface area contributed by atoms with Gasteiger partial charge >= 0.3 is 0 Å². The number of rotatable bonds is 1. The van der Waals surface area contributed by atoms with Crippen LogP contribution in [0.2, 0.25) is 0 Å². The van der Waals surface area contributed by atoms with Crippen LogP contribution >= 0.6 is 0 Å². The van der Waals surface area contributed by atoms with Gasteiger partial charge in [-0.15, -0.1) is 0 Å². The van der Waals surface area contributed by atoms with Gasteiger partial charge in [-0.2, -0.15) is 0 Å². The van der Waals surface area contributed by atoms with E-state index in [1.807, 2.05) is 18.7 Å². The largest absolute Gasteiger partial charge is 0.393 e. The molecule has 1 heterocycles. The van der Waals surface area contributed by atoms with Crippen molar-refractivity contribution in [2.45, 2.75) is 39.2 Å². The van der Waals surface area contributed by atoms with Gasteiger partial charge in [-0.25, -0.2) is 0 Å². The number of aliphatic hydroxyl groups is 1. The Balaban J connectivity index is 2.01. The standard InChI is InChI=1S/C12H21NO2/c1-8(2)12(15)13-6-9-4-3-5-11(14)10(9)7-13/h8-11,14H,3-7H2,1-2H3/t9-,10+,11?/m0/s1. The highest BCUT2D eigenvalue weighted by Gasteiger charge is 2.41. The zero-order chi connectivity index (χ0) is 11.0. The van der Waals surface area contributed by atoms with Crippen molar-refractivity contribution in [3.8, 4) is 0 Å². The van der Waals surface area contributed by atoms with Crippen molar-refractivity contribution in [1.29, 1.82) is 0 Å². The van der Waals surface area contributed by atoms with Crippen LogP contribution in [0.1, 0.15) is 33.1 Å². The molecular weight excluding hydrogens is 190 g/mol. The molecule has 2 rings (SSSR count). The molecule has 2 fully saturated rings. The number of carbonyl (C=O) groups is 1. The molecule has 86 valence electrons. The molecule has 0 radical (unpaired) electrons. The molecule has 1 saturated carbocycles. The molecule has 3 nitrogen and oxygen atoms in total. The summed E-state index contributed by atoms with van der Waals surface area (Å²) < 4.78 is 0. The lowest BCUT2D eigenvalue weighted by atomic mass is 9.80. The van der Waals surface area contributed by atoms with Crippen LogP contribution < -0.4 is 0 Å². The minimum atomic E-state index is -0.172. The highest BCUT2D eigenvalue weighted by atomic mass is 16.3. The van der Waals surface area contributed by atoms with Gasteiger partial charge in [0.25, 0.3) is 0 Å². The van der Waals surface area contributed by atoms with E-state index in [2.05, 4.69) is 0 Å². The topological polar surface area (TPSA) is 40.5 Å². The van der Waals surface area contributed by atoms with Crippen molar-refractivity contribution in [2.24, 2.45) is 17.8 Å². The zero-order valence-corrected chi connectivity index (χ0v) is 9.65. The summed E-state index contributed by atoms with van der Waals surface area (Å²) in [6.45, 7) is 5.54. The van der Waals surface area contributed by atoms with E-state index in [9.17, 15) is 9.90 Å². The van der Waals surface area contributed by atoms with Gasteiger partial charge in [0.1, 0.15) is 0 Å². The third kappa shape index (κ3) is 2.03. The first-order valence-electron chi connectivity index (χ1n) is 6.06. The van der Waals surface area contributed by atoms with Crippen LogP contribution in [-0.2, 0) is 4.79 Å². The second-order valence-electron chi connectivity index (χ2n) is 5.32. The third-order valence-corrected chi connectivity index (χ3v) is 3.87. The lowest BCUT2D eigenvalue weighted by molar-refractivity contribution is -0.133. The summed E-state index contributed by atoms with van der Waals surface area (Å²) in [5.41, 5.74) is 0. The van der Waals surface area contributed by atoms with Gasteiger partial charge < -0.3 is 10.0 Å². The average Bonchev–Trinajstić information content (AvgIpc) is 2.61. The Morgan fingerprint density at radius 2 is 2.07 bits per heavy atom. The van der Waals surface area contributed by atoms with E-state index in [4.69, 9.17) is 0 Å². The molecule has 1 aliphatic carbocycles. The van der Waals surface area contributed by atoms with E-state index in [0.29, 0.717) is 11.8 Å². The molecule has 0 spiro atoms. The number of aliphatic hydroxyl groups excluding tert-OH is 1. The van der Waals surface area contributed by atoms with E-state index in [-0.39, 0.29) is 17.9 Å². The van der Waals surface area contributed by atoms with Crippen LogP contribution in [0.15, 0.2) is 0 Å². The smallest absolute Gasteiger partial charge is 0.225 e. The van der Waals surface area contributed by atoms with Gasteiger partial charge in [-0.1, -0.05) is 20.3 Å². The molecule has 1 aliphatic heterocycles. The Hall–Kier alpha value is -0.570. The van der Waals surface area contributed by atoms with Crippen molar-refractivity contribution < 1.29 is 9.90 Å². The van der Waals surface area contributed by atoms with E-state index < -0.39 is 0 Å². The van der Waals surface area contributed by atoms with Crippen molar-refractivity contribution in [3.63, 3.8) is 0 Å². The number of hydrogen-bond acceptors (Lipinski definition) is 2. The molecule has 1 amide bonds. The van der Waals surface area contributed by atoms with E-state index >= 15 is 0 Å². The molecule has 0 bridgehead atoms. The van der Waals surface area contributed by atoms with Crippen molar-refractivity contribution in [3.05, 3.63) is 0 Å². The van der Waals surface area contributed by atoms with Crippen LogP contribution in [0.3, 0.4) is 0 Å². The average molecular weight is 211 g/mol. The van der Waals surface area contributed by atoms with Gasteiger partial charge in [0.05, 0.1) is 6.10 Å². The van der Waals surface area contributed by atoms with E-state index in [1.54, 1.807) is 0 Å². The lowest BCUT2D eigenvalue weighted by Gasteiger charge is -2.28. The van der Waals surface area contributed by atoms with Crippen molar-refractivity contribution >= 4 is 5.91 Å². The van der Waals surface area contributed by atoms with Crippen LogP contribution in [0.25, 0.3) is 0 Å². The summed E-state index contributed by atoms with van der Waals surface area (Å²) >= 11 is 0. The second kappa shape index (κ2) is 4.12. The van der Waals surface area contributed by atoms with Crippen LogP contribution in [0, 0.1) is 17.8 Å². The molecule has 3 atom stereocenters. The quantitative estimate of drug-likeness (QED) is 0.709. The summed E-state index contributed by atoms with van der Waals surface area (Å²) in [6.07, 6.45) is 3.05. The third-order valence-electron chi connectivity index (χ3n) is 3.87. The summed E-state index contributed by atoms with van der Waals surface area (Å²) in [5.74, 6) is 1.23. The fraction of sp³-hybridized carbons (Fsp3) is 0.917. The Kier molecular flexibility index (Phi) is 3.01. The van der Waals surface area contributed by atoms with Crippen molar-refractivity contribution in [2.75, 3.05) is 13.1 Å². The molecule has 1 saturated heterocycles. The number of amides is 1. The summed E-state index contributed by atoms with van der Waals surface area (Å²) in [6, 6.07) is 0. The van der Waals surface area contributed by atoms with Crippen LogP contribution in [0.4, 0.5) is 0 Å². The predicted octanol–water partition coefficient (Wildman–Crippen LogP) is 1.26. The first-order valence-corrected chi connectivity index (χ1v) is 6.06. The van der Waals surface area contributed by atoms with Gasteiger partial charge in [0, 0.05) is 24.9 Å². The Morgan fingerprint density at radius 1 is 1.33 bits per heavy atom. The maximum Gasteiger partial charge on any atom is 0.225 e. The first-order chi connectivity index (χ1) is 7.09. The monoisotopic (exact) mass is 211 g/mol. The molecule has 15 heavy (non-hydrogen) atoms. The number of likely N-dealkylation sites (tertiary alicyclic amines) is 1. The maximum absolute atomic E-state index is 11.8. The molecular formula is C12H21NO2. The zero-order valence-electron chi connectivity index (χ0n) is 9.65. The Bertz CT molecular complexity index is 252. The first kappa shape index (κ1) is 10.9. The van der Waals surface area contributed by atoms with Gasteiger partial charge in [-0.05, 0) is 18.8 Å². The molecule has 0 aromatic carbocycles. The van der Waals surface area contributed by atoms with Gasteiger partial charge in [0.2, 0.25) is 5.91 Å². The number of carbonyl (C=O) groups excluding carboxylic acids is 1. The fourth-order valence-electron chi connectivity index (χ4n) is 2.99. The fourth-order valence-corrected chi connectivity index (χ4v) is 2.99. The molecule has 2 aliphatic rings. The number of fused-ring (bicyclic) bond motifs is 1.